The molecule has 3 rings (SSSR count). The van der Waals surface area contributed by atoms with E-state index < -0.39 is 21.1 Å². The Morgan fingerprint density at radius 1 is 1.00 bits per heavy atom. The van der Waals surface area contributed by atoms with Gasteiger partial charge in [-0.2, -0.15) is 4.31 Å². The SMILES string of the molecule is COc1ccc(S(=O)(=O)N2CCN(C(=O)Cn3[nH]c(=O)ccc3=O)CC2)cc1OC. The molecule has 0 radical (unpaired) electrons. The first-order chi connectivity index (χ1) is 14.3. The number of piperazine rings is 1. The molecule has 0 spiro atoms. The average molecular weight is 438 g/mol. The molecular weight excluding hydrogens is 416 g/mol. The molecule has 2 aromatic rings. The maximum Gasteiger partial charge on any atom is 0.265 e. The minimum atomic E-state index is -3.78. The van der Waals surface area contributed by atoms with Crippen molar-refractivity contribution in [2.75, 3.05) is 40.4 Å². The van der Waals surface area contributed by atoms with E-state index in [4.69, 9.17) is 9.47 Å². The van der Waals surface area contributed by atoms with Crippen molar-refractivity contribution >= 4 is 15.9 Å². The predicted molar refractivity (Wildman–Crippen MR) is 106 cm³/mol. The molecule has 0 unspecified atom stereocenters. The van der Waals surface area contributed by atoms with Crippen molar-refractivity contribution in [1.82, 2.24) is 19.0 Å². The Morgan fingerprint density at radius 2 is 1.67 bits per heavy atom. The van der Waals surface area contributed by atoms with Crippen molar-refractivity contribution in [2.45, 2.75) is 11.4 Å². The summed E-state index contributed by atoms with van der Waals surface area (Å²) >= 11 is 0. The lowest BCUT2D eigenvalue weighted by Crippen LogP contribution is -2.51. The third-order valence-corrected chi connectivity index (χ3v) is 6.66. The van der Waals surface area contributed by atoms with Gasteiger partial charge in [0.2, 0.25) is 15.9 Å². The monoisotopic (exact) mass is 438 g/mol. The Bertz CT molecular complexity index is 1150. The summed E-state index contributed by atoms with van der Waals surface area (Å²) in [7, 11) is -0.903. The molecule has 12 heteroatoms. The highest BCUT2D eigenvalue weighted by molar-refractivity contribution is 7.89. The van der Waals surface area contributed by atoms with Gasteiger partial charge in [0.25, 0.3) is 11.1 Å². The summed E-state index contributed by atoms with van der Waals surface area (Å²) in [5.74, 6) is 0.331. The molecule has 2 heterocycles. The van der Waals surface area contributed by atoms with Gasteiger partial charge in [-0.05, 0) is 12.1 Å². The zero-order chi connectivity index (χ0) is 21.9. The van der Waals surface area contributed by atoms with Gasteiger partial charge in [0.15, 0.2) is 11.5 Å². The number of carbonyl (C=O) groups is 1. The van der Waals surface area contributed by atoms with Crippen molar-refractivity contribution in [2.24, 2.45) is 0 Å². The Hall–Kier alpha value is -3.12. The molecule has 1 aromatic heterocycles. The molecule has 1 fully saturated rings. The first kappa shape index (κ1) is 21.6. The van der Waals surface area contributed by atoms with E-state index in [1.165, 1.54) is 41.6 Å². The van der Waals surface area contributed by atoms with Gasteiger partial charge in [0.1, 0.15) is 6.54 Å². The zero-order valence-corrected chi connectivity index (χ0v) is 17.3. The number of ether oxygens (including phenoxy) is 2. The fourth-order valence-corrected chi connectivity index (χ4v) is 4.56. The molecule has 1 aliphatic rings. The van der Waals surface area contributed by atoms with Crippen LogP contribution in [0.15, 0.2) is 44.8 Å². The largest absolute Gasteiger partial charge is 0.493 e. The number of aromatic amines is 1. The maximum atomic E-state index is 12.9. The lowest BCUT2D eigenvalue weighted by atomic mass is 10.3. The van der Waals surface area contributed by atoms with Gasteiger partial charge in [-0.3, -0.25) is 19.5 Å². The van der Waals surface area contributed by atoms with E-state index in [1.807, 2.05) is 0 Å². The van der Waals surface area contributed by atoms with E-state index in [2.05, 4.69) is 5.10 Å². The van der Waals surface area contributed by atoms with E-state index in [0.29, 0.717) is 11.5 Å². The second kappa shape index (κ2) is 8.71. The lowest BCUT2D eigenvalue weighted by molar-refractivity contribution is -0.133. The highest BCUT2D eigenvalue weighted by Gasteiger charge is 2.31. The Balaban J connectivity index is 1.68. The Morgan fingerprint density at radius 3 is 2.30 bits per heavy atom. The van der Waals surface area contributed by atoms with Gasteiger partial charge >= 0.3 is 0 Å². The predicted octanol–water partition coefficient (Wildman–Crippen LogP) is -0.913. The summed E-state index contributed by atoms with van der Waals surface area (Å²) in [5.41, 5.74) is -0.995. The fourth-order valence-electron chi connectivity index (χ4n) is 3.12. The third kappa shape index (κ3) is 4.39. The van der Waals surface area contributed by atoms with Crippen LogP contribution in [0.1, 0.15) is 0 Å². The number of methoxy groups -OCH3 is 2. The third-order valence-electron chi connectivity index (χ3n) is 4.77. The fraction of sp³-hybridized carbons (Fsp3) is 0.389. The van der Waals surface area contributed by atoms with E-state index >= 15 is 0 Å². The number of carbonyl (C=O) groups excluding carboxylic acids is 1. The highest BCUT2D eigenvalue weighted by Crippen LogP contribution is 2.30. The van der Waals surface area contributed by atoms with Crippen LogP contribution in [0.4, 0.5) is 0 Å². The van der Waals surface area contributed by atoms with Crippen molar-refractivity contribution in [1.29, 1.82) is 0 Å². The van der Waals surface area contributed by atoms with Crippen LogP contribution in [-0.2, 0) is 21.4 Å². The molecular formula is C18H22N4O7S. The molecule has 0 saturated carbocycles. The second-order valence-electron chi connectivity index (χ2n) is 6.54. The number of benzene rings is 1. The van der Waals surface area contributed by atoms with Crippen LogP contribution >= 0.6 is 0 Å². The van der Waals surface area contributed by atoms with Crippen LogP contribution < -0.4 is 20.6 Å². The highest BCUT2D eigenvalue weighted by atomic mass is 32.2. The topological polar surface area (TPSA) is 131 Å². The van der Waals surface area contributed by atoms with Crippen LogP contribution in [0.2, 0.25) is 0 Å². The number of aromatic nitrogens is 2. The molecule has 162 valence electrons. The molecule has 0 atom stereocenters. The number of nitrogens with zero attached hydrogens (tertiary/aromatic N) is 3. The number of nitrogens with one attached hydrogen (secondary N) is 1. The summed E-state index contributed by atoms with van der Waals surface area (Å²) < 4.78 is 38.4. The number of amides is 1. The smallest absolute Gasteiger partial charge is 0.265 e. The summed E-state index contributed by atoms with van der Waals surface area (Å²) in [4.78, 5) is 37.1. The molecule has 1 N–H and O–H groups in total. The zero-order valence-electron chi connectivity index (χ0n) is 16.5. The van der Waals surface area contributed by atoms with E-state index in [9.17, 15) is 22.8 Å². The van der Waals surface area contributed by atoms with Gasteiger partial charge in [-0.15, -0.1) is 0 Å². The standard InChI is InChI=1S/C18H22N4O7S/c1-28-14-4-3-13(11-15(14)29-2)30(26,27)21-9-7-20(8-10-21)18(25)12-22-17(24)6-5-16(23)19-22/h3-6,11H,7-10,12H2,1-2H3,(H,19,23). The van der Waals surface area contributed by atoms with Gasteiger partial charge in [-0.1, -0.05) is 0 Å². The van der Waals surface area contributed by atoms with Crippen molar-refractivity contribution < 1.29 is 22.7 Å². The van der Waals surface area contributed by atoms with Crippen LogP contribution in [-0.4, -0.2) is 73.7 Å². The van der Waals surface area contributed by atoms with Gasteiger partial charge in [0.05, 0.1) is 19.1 Å². The Labute approximate surface area is 172 Å². The molecule has 1 saturated heterocycles. The number of rotatable bonds is 6. The summed E-state index contributed by atoms with van der Waals surface area (Å²) in [6, 6.07) is 6.51. The van der Waals surface area contributed by atoms with Crippen LogP contribution in [0.3, 0.4) is 0 Å². The first-order valence-corrected chi connectivity index (χ1v) is 10.5. The minimum absolute atomic E-state index is 0.0633. The van der Waals surface area contributed by atoms with Crippen LogP contribution in [0, 0.1) is 0 Å². The van der Waals surface area contributed by atoms with E-state index in [1.54, 1.807) is 0 Å². The van der Waals surface area contributed by atoms with Crippen LogP contribution in [0.5, 0.6) is 11.5 Å². The van der Waals surface area contributed by atoms with E-state index in [-0.39, 0.29) is 43.5 Å². The van der Waals surface area contributed by atoms with Crippen molar-refractivity contribution in [3.05, 3.63) is 51.0 Å². The minimum Gasteiger partial charge on any atom is -0.493 e. The first-order valence-electron chi connectivity index (χ1n) is 9.06. The van der Waals surface area contributed by atoms with Crippen LogP contribution in [0.25, 0.3) is 0 Å². The average Bonchev–Trinajstić information content (AvgIpc) is 2.75. The quantitative estimate of drug-likeness (QED) is 0.618. The van der Waals surface area contributed by atoms with Gasteiger partial charge < -0.3 is 14.4 Å². The lowest BCUT2D eigenvalue weighted by Gasteiger charge is -2.34. The molecule has 1 aliphatic heterocycles. The van der Waals surface area contributed by atoms with Gasteiger partial charge in [0, 0.05) is 44.4 Å². The normalized spacial score (nSPS) is 15.1. The molecule has 0 aliphatic carbocycles. The molecule has 1 amide bonds. The summed E-state index contributed by atoms with van der Waals surface area (Å²) in [6.45, 7) is 0.205. The van der Waals surface area contributed by atoms with Gasteiger partial charge in [-0.25, -0.2) is 13.1 Å². The molecule has 11 nitrogen and oxygen atoms in total. The number of hydrogen-bond donors (Lipinski definition) is 1. The molecule has 30 heavy (non-hydrogen) atoms. The second-order valence-corrected chi connectivity index (χ2v) is 8.47. The molecule has 1 aromatic carbocycles. The number of H-pyrrole nitrogens is 1. The summed E-state index contributed by atoms with van der Waals surface area (Å²) in [6.07, 6.45) is 0. The molecule has 0 bridgehead atoms. The summed E-state index contributed by atoms with van der Waals surface area (Å²) in [5, 5.41) is 2.29. The van der Waals surface area contributed by atoms with Crippen molar-refractivity contribution in [3.63, 3.8) is 0 Å². The van der Waals surface area contributed by atoms with Crippen molar-refractivity contribution in [3.8, 4) is 11.5 Å². The maximum absolute atomic E-state index is 12.9. The van der Waals surface area contributed by atoms with E-state index in [0.717, 1.165) is 16.8 Å². The Kier molecular flexibility index (Phi) is 6.27. The number of hydrogen-bond acceptors (Lipinski definition) is 7. The number of sulfonamides is 1.